The Kier molecular flexibility index (Phi) is 4.59. The largest absolute Gasteiger partial charge is 0.380 e. The van der Waals surface area contributed by atoms with E-state index in [9.17, 15) is 9.50 Å². The molecule has 3 nitrogen and oxygen atoms in total. The van der Waals surface area contributed by atoms with E-state index in [0.717, 1.165) is 24.3 Å². The molecular formula is C21H25FN2O. The molecule has 0 bridgehead atoms. The smallest absolute Gasteiger partial charge is 0.123 e. The van der Waals surface area contributed by atoms with Crippen LogP contribution >= 0.6 is 0 Å². The topological polar surface area (TPSA) is 44.3 Å². The summed E-state index contributed by atoms with van der Waals surface area (Å²) in [5.41, 5.74) is 0.455. The summed E-state index contributed by atoms with van der Waals surface area (Å²) >= 11 is 0. The van der Waals surface area contributed by atoms with Gasteiger partial charge in [0.15, 0.2) is 0 Å². The fourth-order valence-corrected chi connectivity index (χ4v) is 4.38. The van der Waals surface area contributed by atoms with E-state index in [2.05, 4.69) is 10.6 Å². The summed E-state index contributed by atoms with van der Waals surface area (Å²) in [6, 6.07) is 16.4. The maximum Gasteiger partial charge on any atom is 0.123 e. The molecule has 1 saturated carbocycles. The van der Waals surface area contributed by atoms with Crippen molar-refractivity contribution >= 4 is 0 Å². The van der Waals surface area contributed by atoms with Gasteiger partial charge in [0.05, 0.1) is 0 Å². The third kappa shape index (κ3) is 2.99. The molecule has 2 aliphatic rings. The number of rotatable bonds is 4. The minimum atomic E-state index is -1.16. The summed E-state index contributed by atoms with van der Waals surface area (Å²) < 4.78 is 13.5. The Morgan fingerprint density at radius 1 is 0.960 bits per heavy atom. The molecule has 1 saturated heterocycles. The van der Waals surface area contributed by atoms with Gasteiger partial charge in [-0.05, 0) is 42.0 Å². The molecule has 132 valence electrons. The predicted octanol–water partition coefficient (Wildman–Crippen LogP) is 3.00. The van der Waals surface area contributed by atoms with E-state index in [1.165, 1.54) is 31.4 Å². The van der Waals surface area contributed by atoms with E-state index in [0.29, 0.717) is 5.92 Å². The van der Waals surface area contributed by atoms with Crippen LogP contribution in [0.25, 0.3) is 0 Å². The van der Waals surface area contributed by atoms with Crippen molar-refractivity contribution in [1.29, 1.82) is 0 Å². The van der Waals surface area contributed by atoms with Crippen molar-refractivity contribution in [3.05, 3.63) is 71.5 Å². The van der Waals surface area contributed by atoms with Crippen LogP contribution in [-0.4, -0.2) is 24.4 Å². The van der Waals surface area contributed by atoms with E-state index in [4.69, 9.17) is 0 Å². The number of hydrogen-bond donors (Lipinski definition) is 3. The van der Waals surface area contributed by atoms with Gasteiger partial charge in [-0.25, -0.2) is 4.39 Å². The van der Waals surface area contributed by atoms with E-state index >= 15 is 0 Å². The highest BCUT2D eigenvalue weighted by Crippen LogP contribution is 2.44. The molecule has 1 aliphatic carbocycles. The van der Waals surface area contributed by atoms with Gasteiger partial charge in [-0.1, -0.05) is 48.9 Å². The number of aliphatic hydroxyl groups is 1. The van der Waals surface area contributed by atoms with Crippen LogP contribution in [0.4, 0.5) is 4.39 Å². The van der Waals surface area contributed by atoms with Crippen LogP contribution in [0.2, 0.25) is 0 Å². The molecule has 3 unspecified atom stereocenters. The summed E-state index contributed by atoms with van der Waals surface area (Å²) in [5.74, 6) is 0.303. The number of benzene rings is 2. The van der Waals surface area contributed by atoms with Crippen molar-refractivity contribution in [2.45, 2.75) is 30.9 Å². The Morgan fingerprint density at radius 2 is 1.64 bits per heavy atom. The minimum absolute atomic E-state index is 0.0144. The van der Waals surface area contributed by atoms with E-state index < -0.39 is 5.60 Å². The van der Waals surface area contributed by atoms with Crippen LogP contribution in [0.5, 0.6) is 0 Å². The lowest BCUT2D eigenvalue weighted by Crippen LogP contribution is -2.62. The fourth-order valence-electron chi connectivity index (χ4n) is 4.38. The Balaban J connectivity index is 1.80. The molecule has 0 radical (unpaired) electrons. The first-order valence-corrected chi connectivity index (χ1v) is 9.17. The SMILES string of the molecule is OC(c1ccccc1)(c1ccc(F)cc1)C1CNCNC1C1CCC1. The van der Waals surface area contributed by atoms with Crippen molar-refractivity contribution in [3.63, 3.8) is 0 Å². The first-order chi connectivity index (χ1) is 12.2. The van der Waals surface area contributed by atoms with Gasteiger partial charge in [-0.3, -0.25) is 0 Å². The molecule has 4 heteroatoms. The van der Waals surface area contributed by atoms with Crippen LogP contribution in [0.1, 0.15) is 30.4 Å². The standard InChI is InChI=1S/C21H25FN2O/c22-18-11-9-17(10-12-18)21(25,16-7-2-1-3-8-16)19-13-23-14-24-20(19)15-5-4-6-15/h1-3,7-12,15,19-20,23-25H,4-6,13-14H2. The Hall–Kier alpha value is -1.75. The fraction of sp³-hybridized carbons (Fsp3) is 0.429. The van der Waals surface area contributed by atoms with E-state index in [1.807, 2.05) is 30.3 Å². The zero-order valence-electron chi connectivity index (χ0n) is 14.3. The summed E-state index contributed by atoms with van der Waals surface area (Å²) in [6.45, 7) is 1.50. The van der Waals surface area contributed by atoms with Crippen LogP contribution in [0.15, 0.2) is 54.6 Å². The monoisotopic (exact) mass is 340 g/mol. The number of nitrogens with one attached hydrogen (secondary N) is 2. The van der Waals surface area contributed by atoms with E-state index in [-0.39, 0.29) is 17.8 Å². The molecule has 1 aliphatic heterocycles. The van der Waals surface area contributed by atoms with Gasteiger partial charge >= 0.3 is 0 Å². The van der Waals surface area contributed by atoms with Gasteiger partial charge in [-0.15, -0.1) is 0 Å². The first-order valence-electron chi connectivity index (χ1n) is 9.17. The molecular weight excluding hydrogens is 315 g/mol. The van der Waals surface area contributed by atoms with Crippen molar-refractivity contribution in [2.24, 2.45) is 11.8 Å². The minimum Gasteiger partial charge on any atom is -0.380 e. The van der Waals surface area contributed by atoms with Crippen LogP contribution in [0.3, 0.4) is 0 Å². The van der Waals surface area contributed by atoms with Gasteiger partial charge in [0.2, 0.25) is 0 Å². The maximum absolute atomic E-state index is 13.5. The van der Waals surface area contributed by atoms with Gasteiger partial charge in [0.1, 0.15) is 11.4 Å². The van der Waals surface area contributed by atoms with E-state index in [1.54, 1.807) is 12.1 Å². The second-order valence-electron chi connectivity index (χ2n) is 7.30. The quantitative estimate of drug-likeness (QED) is 0.802. The average molecular weight is 340 g/mol. The van der Waals surface area contributed by atoms with Gasteiger partial charge in [0, 0.05) is 25.2 Å². The lowest BCUT2D eigenvalue weighted by Gasteiger charge is -2.49. The molecule has 4 rings (SSSR count). The third-order valence-corrected chi connectivity index (χ3v) is 5.95. The van der Waals surface area contributed by atoms with Crippen molar-refractivity contribution in [2.75, 3.05) is 13.2 Å². The first kappa shape index (κ1) is 16.7. The molecule has 0 aromatic heterocycles. The molecule has 25 heavy (non-hydrogen) atoms. The van der Waals surface area contributed by atoms with Crippen molar-refractivity contribution < 1.29 is 9.50 Å². The highest BCUT2D eigenvalue weighted by Gasteiger charge is 2.48. The Bertz CT molecular complexity index is 702. The molecule has 0 spiro atoms. The van der Waals surface area contributed by atoms with Crippen LogP contribution in [0, 0.1) is 17.7 Å². The lowest BCUT2D eigenvalue weighted by atomic mass is 9.65. The summed E-state index contributed by atoms with van der Waals surface area (Å²) in [4.78, 5) is 0. The normalized spacial score (nSPS) is 26.6. The molecule has 2 fully saturated rings. The Labute approximate surface area is 148 Å². The van der Waals surface area contributed by atoms with Crippen LogP contribution < -0.4 is 10.6 Å². The zero-order valence-corrected chi connectivity index (χ0v) is 14.3. The highest BCUT2D eigenvalue weighted by molar-refractivity contribution is 5.38. The molecule has 0 amide bonds. The molecule has 2 aromatic carbocycles. The maximum atomic E-state index is 13.5. The van der Waals surface area contributed by atoms with Gasteiger partial charge in [0.25, 0.3) is 0 Å². The van der Waals surface area contributed by atoms with Crippen molar-refractivity contribution in [1.82, 2.24) is 10.6 Å². The zero-order chi connectivity index (χ0) is 17.3. The van der Waals surface area contributed by atoms with Gasteiger partial charge < -0.3 is 15.7 Å². The third-order valence-electron chi connectivity index (χ3n) is 5.95. The van der Waals surface area contributed by atoms with Gasteiger partial charge in [-0.2, -0.15) is 0 Å². The van der Waals surface area contributed by atoms with Crippen LogP contribution in [-0.2, 0) is 5.60 Å². The lowest BCUT2D eigenvalue weighted by molar-refractivity contribution is -0.0314. The second kappa shape index (κ2) is 6.87. The Morgan fingerprint density at radius 3 is 2.28 bits per heavy atom. The predicted molar refractivity (Wildman–Crippen MR) is 96.5 cm³/mol. The molecule has 1 heterocycles. The average Bonchev–Trinajstić information content (AvgIpc) is 2.61. The molecule has 2 aromatic rings. The molecule has 3 N–H and O–H groups in total. The summed E-state index contributed by atoms with van der Waals surface area (Å²) in [7, 11) is 0. The highest BCUT2D eigenvalue weighted by atomic mass is 19.1. The number of hydrogen-bond acceptors (Lipinski definition) is 3. The summed E-state index contributed by atoms with van der Waals surface area (Å²) in [6.07, 6.45) is 3.69. The van der Waals surface area contributed by atoms with Crippen molar-refractivity contribution in [3.8, 4) is 0 Å². The second-order valence-corrected chi connectivity index (χ2v) is 7.30. The molecule has 3 atom stereocenters. The number of halogens is 1. The summed E-state index contributed by atoms with van der Waals surface area (Å²) in [5, 5.41) is 19.0.